The third-order valence-electron chi connectivity index (χ3n) is 3.09. The Hall–Kier alpha value is -2.89. The van der Waals surface area contributed by atoms with Gasteiger partial charge in [-0.2, -0.15) is 4.40 Å². The van der Waals surface area contributed by atoms with Crippen molar-refractivity contribution in [3.05, 3.63) is 70.2 Å². The second kappa shape index (κ2) is 4.65. The van der Waals surface area contributed by atoms with E-state index < -0.39 is 4.92 Å². The van der Waals surface area contributed by atoms with E-state index in [1.54, 1.807) is 23.9 Å². The third kappa shape index (κ3) is 1.87. The number of benzene rings is 1. The number of para-hydroxylation sites is 1. The van der Waals surface area contributed by atoms with Crippen LogP contribution >= 0.6 is 0 Å². The summed E-state index contributed by atoms with van der Waals surface area (Å²) in [6, 6.07) is 14.6. The summed E-state index contributed by atoms with van der Waals surface area (Å²) in [6.07, 6.45) is 1.66. The highest BCUT2D eigenvalue weighted by atomic mass is 16.6. The summed E-state index contributed by atoms with van der Waals surface area (Å²) >= 11 is 0. The molecule has 0 unspecified atom stereocenters. The molecule has 0 saturated carbocycles. The van der Waals surface area contributed by atoms with Crippen LogP contribution < -0.4 is 4.57 Å². The minimum atomic E-state index is -0.408. The minimum Gasteiger partial charge on any atom is -0.358 e. The molecule has 2 aromatic heterocycles. The van der Waals surface area contributed by atoms with Crippen molar-refractivity contribution in [2.75, 3.05) is 0 Å². The first-order valence-corrected chi connectivity index (χ1v) is 6.09. The number of nitro groups is 1. The van der Waals surface area contributed by atoms with Crippen LogP contribution in [0.2, 0.25) is 0 Å². The zero-order valence-corrected chi connectivity index (χ0v) is 10.8. The van der Waals surface area contributed by atoms with Gasteiger partial charge < -0.3 is 10.1 Å². The molecule has 0 fully saturated rings. The van der Waals surface area contributed by atoms with Crippen LogP contribution in [0.1, 0.15) is 0 Å². The van der Waals surface area contributed by atoms with Gasteiger partial charge in [-0.15, -0.1) is 0 Å². The molecule has 0 aliphatic carbocycles. The van der Waals surface area contributed by atoms with E-state index in [4.69, 9.17) is 0 Å². The number of nitrogens with zero attached hydrogens (tertiary/aromatic N) is 4. The maximum atomic E-state index is 11.4. The van der Waals surface area contributed by atoms with Crippen LogP contribution in [0.5, 0.6) is 0 Å². The Morgan fingerprint density at radius 2 is 1.85 bits per heavy atom. The highest BCUT2D eigenvalue weighted by molar-refractivity contribution is 5.69. The van der Waals surface area contributed by atoms with E-state index in [-0.39, 0.29) is 5.82 Å². The molecule has 0 amide bonds. The number of aromatic nitrogens is 2. The summed E-state index contributed by atoms with van der Waals surface area (Å²) in [5, 5.41) is 15.8. The molecule has 3 rings (SSSR count). The van der Waals surface area contributed by atoms with Crippen molar-refractivity contribution < 1.29 is 9.49 Å². The van der Waals surface area contributed by atoms with Gasteiger partial charge in [-0.25, -0.2) is 5.32 Å². The average molecular weight is 268 g/mol. The molecule has 0 aliphatic heterocycles. The largest absolute Gasteiger partial charge is 0.372 e. The molecule has 6 nitrogen and oxygen atoms in total. The summed E-state index contributed by atoms with van der Waals surface area (Å²) < 4.78 is 3.24. The first-order chi connectivity index (χ1) is 9.68. The van der Waals surface area contributed by atoms with E-state index in [1.807, 2.05) is 42.5 Å². The molecule has 20 heavy (non-hydrogen) atoms. The topological polar surface area (TPSA) is 65.5 Å². The monoisotopic (exact) mass is 268 g/mol. The fourth-order valence-corrected chi connectivity index (χ4v) is 2.17. The van der Waals surface area contributed by atoms with Crippen molar-refractivity contribution in [2.24, 2.45) is 7.05 Å². The maximum Gasteiger partial charge on any atom is 0.372 e. The molecule has 0 spiro atoms. The number of fused-ring (bicyclic) bond motifs is 1. The molecule has 1 aromatic carbocycles. The molecule has 3 aromatic rings. The summed E-state index contributed by atoms with van der Waals surface area (Å²) in [5.74, 6) is 0.291. The van der Waals surface area contributed by atoms with Crippen LogP contribution in [0.15, 0.2) is 54.7 Å². The van der Waals surface area contributed by atoms with Crippen molar-refractivity contribution in [3.8, 4) is 0 Å². The molecule has 2 heterocycles. The molecule has 100 valence electrons. The molecule has 0 aliphatic rings. The second-order valence-electron chi connectivity index (χ2n) is 4.34. The van der Waals surface area contributed by atoms with Crippen molar-refractivity contribution >= 4 is 23.0 Å². The first kappa shape index (κ1) is 12.2. The predicted molar refractivity (Wildman–Crippen MR) is 74.3 cm³/mol. The van der Waals surface area contributed by atoms with Gasteiger partial charge in [0, 0.05) is 13.1 Å². The van der Waals surface area contributed by atoms with Gasteiger partial charge in [0.05, 0.1) is 11.9 Å². The molecule has 0 atom stereocenters. The van der Waals surface area contributed by atoms with E-state index in [9.17, 15) is 10.1 Å². The Balaban J connectivity index is 2.21. The lowest BCUT2D eigenvalue weighted by Crippen LogP contribution is -2.26. The van der Waals surface area contributed by atoms with Crippen LogP contribution in [0, 0.1) is 10.1 Å². The van der Waals surface area contributed by atoms with Crippen molar-refractivity contribution in [2.45, 2.75) is 0 Å². The lowest BCUT2D eigenvalue weighted by atomic mass is 10.3. The summed E-state index contributed by atoms with van der Waals surface area (Å²) in [7, 11) is 1.77. The molecule has 6 heteroatoms. The fourth-order valence-electron chi connectivity index (χ4n) is 2.17. The second-order valence-corrected chi connectivity index (χ2v) is 4.34. The van der Waals surface area contributed by atoms with Gasteiger partial charge in [-0.1, -0.05) is 24.3 Å². The zero-order chi connectivity index (χ0) is 14.1. The highest BCUT2D eigenvalue weighted by Gasteiger charge is 2.25. The van der Waals surface area contributed by atoms with Gasteiger partial charge in [0.15, 0.2) is 0 Å². The summed E-state index contributed by atoms with van der Waals surface area (Å²) in [5.41, 5.74) is 1.40. The Kier molecular flexibility index (Phi) is 2.83. The Labute approximate surface area is 115 Å². The van der Waals surface area contributed by atoms with E-state index in [2.05, 4.69) is 5.32 Å². The maximum absolute atomic E-state index is 11.4. The minimum absolute atomic E-state index is 0.0352. The molecule has 0 saturated heterocycles. The van der Waals surface area contributed by atoms with Gasteiger partial charge in [0.25, 0.3) is 0 Å². The van der Waals surface area contributed by atoms with Crippen LogP contribution in [0.4, 0.5) is 17.3 Å². The molecule has 0 N–H and O–H groups in total. The van der Waals surface area contributed by atoms with Crippen molar-refractivity contribution in [3.63, 3.8) is 0 Å². The van der Waals surface area contributed by atoms with E-state index in [0.29, 0.717) is 17.2 Å². The standard InChI is InChI=1S/C14H12N4O2/c1-16-12-9-5-6-10-17(12)14(18(19)20)13(16)15-11-7-3-2-4-8-11/h2-10H,1H3. The van der Waals surface area contributed by atoms with Gasteiger partial charge >= 0.3 is 5.82 Å². The third-order valence-corrected chi connectivity index (χ3v) is 3.09. The smallest absolute Gasteiger partial charge is 0.358 e. The van der Waals surface area contributed by atoms with E-state index in [1.165, 1.54) is 4.40 Å². The Morgan fingerprint density at radius 3 is 2.55 bits per heavy atom. The van der Waals surface area contributed by atoms with Crippen molar-refractivity contribution in [1.82, 2.24) is 4.40 Å². The molecule has 0 radical (unpaired) electrons. The highest BCUT2D eigenvalue weighted by Crippen LogP contribution is 2.35. The van der Waals surface area contributed by atoms with E-state index >= 15 is 0 Å². The van der Waals surface area contributed by atoms with Crippen LogP contribution in [0.3, 0.4) is 0 Å². The number of imidazole rings is 1. The molecule has 0 bridgehead atoms. The average Bonchev–Trinajstić information content (AvgIpc) is 2.74. The zero-order valence-electron chi connectivity index (χ0n) is 10.8. The van der Waals surface area contributed by atoms with Gasteiger partial charge in [-0.3, -0.25) is 4.57 Å². The lowest BCUT2D eigenvalue weighted by Gasteiger charge is -2.03. The van der Waals surface area contributed by atoms with Gasteiger partial charge in [0.2, 0.25) is 11.5 Å². The summed E-state index contributed by atoms with van der Waals surface area (Å²) in [6.45, 7) is 0. The van der Waals surface area contributed by atoms with Gasteiger partial charge in [0.1, 0.15) is 0 Å². The number of pyridine rings is 1. The van der Waals surface area contributed by atoms with Crippen LogP contribution in [-0.4, -0.2) is 9.32 Å². The number of rotatable bonds is 3. The molecular formula is C14H12N4O2. The van der Waals surface area contributed by atoms with Crippen molar-refractivity contribution in [1.29, 1.82) is 0 Å². The predicted octanol–water partition coefficient (Wildman–Crippen LogP) is 3.01. The van der Waals surface area contributed by atoms with Gasteiger partial charge in [-0.05, 0) is 23.1 Å². The lowest BCUT2D eigenvalue weighted by molar-refractivity contribution is -0.630. The molecular weight excluding hydrogens is 256 g/mol. The number of aryl methyl sites for hydroxylation is 1. The first-order valence-electron chi connectivity index (χ1n) is 6.09. The van der Waals surface area contributed by atoms with E-state index in [0.717, 1.165) is 0 Å². The Morgan fingerprint density at radius 1 is 1.15 bits per heavy atom. The fraction of sp³-hybridized carbons (Fsp3) is 0.0714. The number of hydrogen-bond acceptors (Lipinski definition) is 2. The SMILES string of the molecule is C[n+]1c([N-]c2ccccc2)c([N+](=O)[O-])n2ccccc21. The van der Waals surface area contributed by atoms with Crippen LogP contribution in [0.25, 0.3) is 11.0 Å². The summed E-state index contributed by atoms with van der Waals surface area (Å²) in [4.78, 5) is 10.9. The Bertz CT molecular complexity index is 780. The quantitative estimate of drug-likeness (QED) is 0.416. The van der Waals surface area contributed by atoms with Crippen LogP contribution in [-0.2, 0) is 7.05 Å². The number of hydrogen-bond donors (Lipinski definition) is 0. The normalized spacial score (nSPS) is 10.7.